The summed E-state index contributed by atoms with van der Waals surface area (Å²) in [6.45, 7) is 9.86. The van der Waals surface area contributed by atoms with E-state index in [0.717, 1.165) is 29.9 Å². The molecular weight excluding hydrogens is 330 g/mol. The van der Waals surface area contributed by atoms with Crippen molar-refractivity contribution < 1.29 is 9.53 Å². The van der Waals surface area contributed by atoms with Crippen LogP contribution >= 0.6 is 0 Å². The molecule has 140 valence electrons. The van der Waals surface area contributed by atoms with Crippen LogP contribution in [0, 0.1) is 0 Å². The van der Waals surface area contributed by atoms with Gasteiger partial charge in [-0.15, -0.1) is 0 Å². The number of anilines is 1. The maximum atomic E-state index is 12.4. The average Bonchev–Trinajstić information content (AvgIpc) is 3.31. The first-order valence-electron chi connectivity index (χ1n) is 9.40. The Bertz CT molecular complexity index is 821. The van der Waals surface area contributed by atoms with Crippen molar-refractivity contribution in [2.24, 2.45) is 0 Å². The molecule has 0 unspecified atom stereocenters. The first kappa shape index (κ1) is 17.1. The second-order valence-electron chi connectivity index (χ2n) is 8.41. The Morgan fingerprint density at radius 3 is 2.69 bits per heavy atom. The molecule has 0 aromatic carbocycles. The molecule has 1 amide bonds. The van der Waals surface area contributed by atoms with E-state index >= 15 is 0 Å². The SMILES string of the molecule is C[C@@H]1CN(c2ncnc3[nH]cc(C4CC4)c23)CCN1C(=O)OC(C)(C)C. The standard InChI is InChI=1S/C19H27N5O2/c1-12-10-23(7-8-24(12)18(25)26-19(2,3)4)17-15-14(13-5-6-13)9-20-16(15)21-11-22-17/h9,11-13H,5-8,10H2,1-4H3,(H,20,21,22)/t12-/m1/s1. The molecule has 1 saturated carbocycles. The number of aromatic amines is 1. The highest BCUT2D eigenvalue weighted by Crippen LogP contribution is 2.44. The minimum absolute atomic E-state index is 0.0620. The van der Waals surface area contributed by atoms with Gasteiger partial charge >= 0.3 is 6.09 Å². The molecule has 1 aliphatic carbocycles. The van der Waals surface area contributed by atoms with E-state index in [1.165, 1.54) is 18.4 Å². The number of carbonyl (C=O) groups is 1. The number of piperazine rings is 1. The molecule has 7 nitrogen and oxygen atoms in total. The van der Waals surface area contributed by atoms with Crippen LogP contribution in [0.3, 0.4) is 0 Å². The van der Waals surface area contributed by atoms with Crippen LogP contribution in [-0.2, 0) is 4.74 Å². The topological polar surface area (TPSA) is 74.4 Å². The highest BCUT2D eigenvalue weighted by Gasteiger charge is 2.33. The van der Waals surface area contributed by atoms with Gasteiger partial charge in [0.05, 0.1) is 5.39 Å². The van der Waals surface area contributed by atoms with Crippen molar-refractivity contribution in [2.45, 2.75) is 58.1 Å². The van der Waals surface area contributed by atoms with E-state index in [9.17, 15) is 4.79 Å². The first-order valence-corrected chi connectivity index (χ1v) is 9.40. The van der Waals surface area contributed by atoms with Crippen molar-refractivity contribution in [1.29, 1.82) is 0 Å². The molecule has 1 atom stereocenters. The van der Waals surface area contributed by atoms with Gasteiger partial charge in [-0.05, 0) is 52.0 Å². The number of hydrogen-bond donors (Lipinski definition) is 1. The lowest BCUT2D eigenvalue weighted by Crippen LogP contribution is -2.55. The lowest BCUT2D eigenvalue weighted by Gasteiger charge is -2.40. The van der Waals surface area contributed by atoms with E-state index in [1.807, 2.05) is 25.7 Å². The summed E-state index contributed by atoms with van der Waals surface area (Å²) in [5, 5.41) is 1.15. The van der Waals surface area contributed by atoms with Crippen molar-refractivity contribution in [3.05, 3.63) is 18.1 Å². The average molecular weight is 357 g/mol. The van der Waals surface area contributed by atoms with Crippen molar-refractivity contribution in [2.75, 3.05) is 24.5 Å². The monoisotopic (exact) mass is 357 g/mol. The fourth-order valence-corrected chi connectivity index (χ4v) is 3.67. The van der Waals surface area contributed by atoms with Gasteiger partial charge in [-0.2, -0.15) is 0 Å². The Morgan fingerprint density at radius 1 is 1.27 bits per heavy atom. The van der Waals surface area contributed by atoms with E-state index < -0.39 is 5.60 Å². The summed E-state index contributed by atoms with van der Waals surface area (Å²) in [6.07, 6.45) is 5.95. The molecule has 1 aliphatic heterocycles. The number of H-pyrrole nitrogens is 1. The Labute approximate surface area is 153 Å². The van der Waals surface area contributed by atoms with E-state index in [2.05, 4.69) is 33.0 Å². The zero-order valence-electron chi connectivity index (χ0n) is 16.0. The van der Waals surface area contributed by atoms with Gasteiger partial charge in [-0.25, -0.2) is 14.8 Å². The van der Waals surface area contributed by atoms with Gasteiger partial charge in [0.15, 0.2) is 0 Å². The molecular formula is C19H27N5O2. The zero-order chi connectivity index (χ0) is 18.5. The van der Waals surface area contributed by atoms with Crippen LogP contribution in [-0.4, -0.2) is 57.2 Å². The van der Waals surface area contributed by atoms with Crippen LogP contribution in [0.1, 0.15) is 52.0 Å². The maximum absolute atomic E-state index is 12.4. The molecule has 2 aromatic heterocycles. The van der Waals surface area contributed by atoms with E-state index in [-0.39, 0.29) is 12.1 Å². The fraction of sp³-hybridized carbons (Fsp3) is 0.632. The number of fused-ring (bicyclic) bond motifs is 1. The van der Waals surface area contributed by atoms with Crippen molar-refractivity contribution in [1.82, 2.24) is 19.9 Å². The minimum Gasteiger partial charge on any atom is -0.444 e. The van der Waals surface area contributed by atoms with E-state index in [4.69, 9.17) is 4.74 Å². The predicted octanol–water partition coefficient (Wildman–Crippen LogP) is 3.28. The molecule has 2 aliphatic rings. The van der Waals surface area contributed by atoms with Gasteiger partial charge in [0.25, 0.3) is 0 Å². The smallest absolute Gasteiger partial charge is 0.410 e. The Hall–Kier alpha value is -2.31. The van der Waals surface area contributed by atoms with Crippen LogP contribution in [0.5, 0.6) is 0 Å². The van der Waals surface area contributed by atoms with E-state index in [1.54, 1.807) is 6.33 Å². The second-order valence-corrected chi connectivity index (χ2v) is 8.41. The lowest BCUT2D eigenvalue weighted by molar-refractivity contribution is 0.0159. The maximum Gasteiger partial charge on any atom is 0.410 e. The van der Waals surface area contributed by atoms with Gasteiger partial charge in [-0.3, -0.25) is 0 Å². The summed E-state index contributed by atoms with van der Waals surface area (Å²) in [5.74, 6) is 1.61. The number of ether oxygens (including phenoxy) is 1. The number of nitrogens with zero attached hydrogens (tertiary/aromatic N) is 4. The molecule has 1 saturated heterocycles. The number of aromatic nitrogens is 3. The third kappa shape index (κ3) is 3.22. The van der Waals surface area contributed by atoms with Gasteiger partial charge in [0.1, 0.15) is 23.4 Å². The number of hydrogen-bond acceptors (Lipinski definition) is 5. The Balaban J connectivity index is 1.55. The van der Waals surface area contributed by atoms with Gasteiger partial charge < -0.3 is 19.5 Å². The summed E-state index contributed by atoms with van der Waals surface area (Å²) >= 11 is 0. The summed E-state index contributed by atoms with van der Waals surface area (Å²) in [6, 6.07) is 0.0620. The molecule has 1 N–H and O–H groups in total. The minimum atomic E-state index is -0.475. The quantitative estimate of drug-likeness (QED) is 0.893. The van der Waals surface area contributed by atoms with Gasteiger partial charge in [0, 0.05) is 31.9 Å². The number of amides is 1. The summed E-state index contributed by atoms with van der Waals surface area (Å²) in [7, 11) is 0. The summed E-state index contributed by atoms with van der Waals surface area (Å²) in [4.78, 5) is 28.8. The molecule has 0 spiro atoms. The van der Waals surface area contributed by atoms with E-state index in [0.29, 0.717) is 12.5 Å². The molecule has 26 heavy (non-hydrogen) atoms. The lowest BCUT2D eigenvalue weighted by atomic mass is 10.1. The predicted molar refractivity (Wildman–Crippen MR) is 100 cm³/mol. The summed E-state index contributed by atoms with van der Waals surface area (Å²) in [5.41, 5.74) is 1.76. The van der Waals surface area contributed by atoms with Gasteiger partial charge in [0.2, 0.25) is 0 Å². The molecule has 4 rings (SSSR count). The first-order chi connectivity index (χ1) is 12.3. The van der Waals surface area contributed by atoms with Crippen LogP contribution in [0.15, 0.2) is 12.5 Å². The molecule has 7 heteroatoms. The highest BCUT2D eigenvalue weighted by molar-refractivity contribution is 5.91. The van der Waals surface area contributed by atoms with Crippen LogP contribution in [0.2, 0.25) is 0 Å². The van der Waals surface area contributed by atoms with Gasteiger partial charge in [-0.1, -0.05) is 0 Å². The second kappa shape index (κ2) is 6.14. The third-order valence-corrected chi connectivity index (χ3v) is 5.05. The number of rotatable bonds is 2. The van der Waals surface area contributed by atoms with Crippen LogP contribution in [0.25, 0.3) is 11.0 Å². The van der Waals surface area contributed by atoms with Crippen LogP contribution in [0.4, 0.5) is 10.6 Å². The molecule has 3 heterocycles. The third-order valence-electron chi connectivity index (χ3n) is 5.05. The largest absolute Gasteiger partial charge is 0.444 e. The normalized spacial score (nSPS) is 21.3. The highest BCUT2D eigenvalue weighted by atomic mass is 16.6. The molecule has 0 radical (unpaired) electrons. The van der Waals surface area contributed by atoms with Crippen molar-refractivity contribution in [3.63, 3.8) is 0 Å². The van der Waals surface area contributed by atoms with Crippen molar-refractivity contribution >= 4 is 22.9 Å². The van der Waals surface area contributed by atoms with Crippen LogP contribution < -0.4 is 4.90 Å². The Kier molecular flexibility index (Phi) is 4.04. The Morgan fingerprint density at radius 2 is 2.04 bits per heavy atom. The fourth-order valence-electron chi connectivity index (χ4n) is 3.67. The molecule has 2 fully saturated rings. The van der Waals surface area contributed by atoms with Crippen molar-refractivity contribution in [3.8, 4) is 0 Å². The number of carbonyl (C=O) groups excluding carboxylic acids is 1. The molecule has 0 bridgehead atoms. The molecule has 2 aromatic rings. The summed E-state index contributed by atoms with van der Waals surface area (Å²) < 4.78 is 5.54. The number of nitrogens with one attached hydrogen (secondary N) is 1. The zero-order valence-corrected chi connectivity index (χ0v) is 16.0.